The standard InChI is InChI=1S/C12H23N3O2/c1-12(2,3)17-9-10(16)7-13-8-11-14-5-6-15(11)4/h5-6,10,13,16H,7-9H2,1-4H3. The molecule has 1 unspecified atom stereocenters. The molecule has 1 rings (SSSR count). The van der Waals surface area contributed by atoms with Gasteiger partial charge >= 0.3 is 0 Å². The lowest BCUT2D eigenvalue weighted by Crippen LogP contribution is -2.33. The number of hydrogen-bond donors (Lipinski definition) is 2. The second-order valence-electron chi connectivity index (χ2n) is 5.16. The largest absolute Gasteiger partial charge is 0.389 e. The van der Waals surface area contributed by atoms with E-state index in [2.05, 4.69) is 10.3 Å². The Kier molecular flexibility index (Phi) is 5.11. The predicted octanol–water partition coefficient (Wildman–Crippen LogP) is 0.686. The van der Waals surface area contributed by atoms with Crippen LogP contribution in [0.4, 0.5) is 0 Å². The van der Waals surface area contributed by atoms with E-state index in [1.54, 1.807) is 6.20 Å². The molecule has 0 fully saturated rings. The minimum absolute atomic E-state index is 0.208. The van der Waals surface area contributed by atoms with Gasteiger partial charge in [-0.1, -0.05) is 0 Å². The van der Waals surface area contributed by atoms with Gasteiger partial charge in [0.05, 0.1) is 24.9 Å². The smallest absolute Gasteiger partial charge is 0.122 e. The molecule has 0 spiro atoms. The van der Waals surface area contributed by atoms with Crippen LogP contribution < -0.4 is 5.32 Å². The quantitative estimate of drug-likeness (QED) is 0.769. The van der Waals surface area contributed by atoms with Crippen molar-refractivity contribution in [2.45, 2.75) is 39.0 Å². The van der Waals surface area contributed by atoms with Crippen LogP contribution in [-0.4, -0.2) is 39.5 Å². The zero-order valence-corrected chi connectivity index (χ0v) is 11.1. The van der Waals surface area contributed by atoms with Crippen LogP contribution >= 0.6 is 0 Å². The topological polar surface area (TPSA) is 59.3 Å². The normalized spacial score (nSPS) is 13.9. The lowest BCUT2D eigenvalue weighted by atomic mass is 10.2. The molecule has 0 aliphatic carbocycles. The Morgan fingerprint density at radius 2 is 2.24 bits per heavy atom. The van der Waals surface area contributed by atoms with Crippen LogP contribution in [0.25, 0.3) is 0 Å². The summed E-state index contributed by atoms with van der Waals surface area (Å²) in [5.41, 5.74) is -0.208. The Bertz CT molecular complexity index is 331. The second-order valence-corrected chi connectivity index (χ2v) is 5.16. The summed E-state index contributed by atoms with van der Waals surface area (Å²) in [6.07, 6.45) is 3.17. The number of ether oxygens (including phenoxy) is 1. The fraction of sp³-hybridized carbons (Fsp3) is 0.750. The molecule has 0 saturated heterocycles. The molecular weight excluding hydrogens is 218 g/mol. The monoisotopic (exact) mass is 241 g/mol. The molecule has 0 saturated carbocycles. The minimum atomic E-state index is -0.491. The van der Waals surface area contributed by atoms with Gasteiger partial charge in [-0.3, -0.25) is 0 Å². The fourth-order valence-electron chi connectivity index (χ4n) is 1.32. The molecule has 0 aliphatic heterocycles. The van der Waals surface area contributed by atoms with Crippen molar-refractivity contribution in [3.8, 4) is 0 Å². The molecule has 1 aromatic heterocycles. The summed E-state index contributed by atoms with van der Waals surface area (Å²) in [6.45, 7) is 7.42. The Morgan fingerprint density at radius 1 is 1.53 bits per heavy atom. The number of aryl methyl sites for hydroxylation is 1. The van der Waals surface area contributed by atoms with E-state index in [4.69, 9.17) is 4.74 Å². The van der Waals surface area contributed by atoms with Crippen molar-refractivity contribution in [2.75, 3.05) is 13.2 Å². The maximum absolute atomic E-state index is 9.70. The maximum Gasteiger partial charge on any atom is 0.122 e. The first-order valence-electron chi connectivity index (χ1n) is 5.87. The van der Waals surface area contributed by atoms with Crippen molar-refractivity contribution in [1.82, 2.24) is 14.9 Å². The number of hydrogen-bond acceptors (Lipinski definition) is 4. The molecule has 17 heavy (non-hydrogen) atoms. The molecule has 2 N–H and O–H groups in total. The molecule has 1 aromatic rings. The summed E-state index contributed by atoms with van der Waals surface area (Å²) < 4.78 is 7.44. The first-order valence-corrected chi connectivity index (χ1v) is 5.87. The number of aliphatic hydroxyl groups excluding tert-OH is 1. The molecule has 0 aromatic carbocycles. The molecule has 0 bridgehead atoms. The van der Waals surface area contributed by atoms with E-state index in [0.29, 0.717) is 19.7 Å². The molecule has 98 valence electrons. The number of rotatable bonds is 6. The van der Waals surface area contributed by atoms with Gasteiger partial charge in [0.15, 0.2) is 0 Å². The molecule has 1 atom stereocenters. The summed E-state index contributed by atoms with van der Waals surface area (Å²) in [5, 5.41) is 12.8. The number of imidazole rings is 1. The van der Waals surface area contributed by atoms with Crippen LogP contribution in [0, 0.1) is 0 Å². The Hall–Kier alpha value is -0.910. The van der Waals surface area contributed by atoms with Crippen molar-refractivity contribution >= 4 is 0 Å². The van der Waals surface area contributed by atoms with E-state index in [1.165, 1.54) is 0 Å². The Labute approximate surface area is 103 Å². The van der Waals surface area contributed by atoms with Gasteiger partial charge < -0.3 is 19.7 Å². The highest BCUT2D eigenvalue weighted by atomic mass is 16.5. The summed E-state index contributed by atoms with van der Waals surface area (Å²) in [6, 6.07) is 0. The third-order valence-electron chi connectivity index (χ3n) is 2.29. The molecule has 0 radical (unpaired) electrons. The van der Waals surface area contributed by atoms with E-state index in [1.807, 2.05) is 38.6 Å². The number of nitrogens with one attached hydrogen (secondary N) is 1. The average Bonchev–Trinajstić information content (AvgIpc) is 2.61. The molecule has 0 aliphatic rings. The van der Waals surface area contributed by atoms with Gasteiger partial charge in [-0.05, 0) is 20.8 Å². The van der Waals surface area contributed by atoms with Crippen LogP contribution in [0.5, 0.6) is 0 Å². The minimum Gasteiger partial charge on any atom is -0.389 e. The number of nitrogens with zero attached hydrogens (tertiary/aromatic N) is 2. The zero-order chi connectivity index (χ0) is 12.9. The highest BCUT2D eigenvalue weighted by molar-refractivity contribution is 4.90. The SMILES string of the molecule is Cn1ccnc1CNCC(O)COC(C)(C)C. The van der Waals surface area contributed by atoms with Crippen LogP contribution in [0.2, 0.25) is 0 Å². The first kappa shape index (κ1) is 14.2. The summed E-state index contributed by atoms with van der Waals surface area (Å²) in [5.74, 6) is 0.953. The highest BCUT2D eigenvalue weighted by Gasteiger charge is 2.13. The average molecular weight is 241 g/mol. The molecule has 5 nitrogen and oxygen atoms in total. The van der Waals surface area contributed by atoms with Crippen molar-refractivity contribution in [3.05, 3.63) is 18.2 Å². The number of aliphatic hydroxyl groups is 1. The Balaban J connectivity index is 2.16. The van der Waals surface area contributed by atoms with Crippen molar-refractivity contribution in [2.24, 2.45) is 7.05 Å². The van der Waals surface area contributed by atoms with Crippen LogP contribution in [0.1, 0.15) is 26.6 Å². The van der Waals surface area contributed by atoms with Gasteiger partial charge in [0.1, 0.15) is 5.82 Å². The van der Waals surface area contributed by atoms with Gasteiger partial charge in [-0.2, -0.15) is 0 Å². The second kappa shape index (κ2) is 6.14. The summed E-state index contributed by atoms with van der Waals surface area (Å²) in [4.78, 5) is 4.19. The zero-order valence-electron chi connectivity index (χ0n) is 11.1. The molecular formula is C12H23N3O2. The van der Waals surface area contributed by atoms with Gasteiger partial charge in [0, 0.05) is 26.0 Å². The van der Waals surface area contributed by atoms with E-state index in [0.717, 1.165) is 5.82 Å². The van der Waals surface area contributed by atoms with Gasteiger partial charge in [-0.25, -0.2) is 4.98 Å². The van der Waals surface area contributed by atoms with Gasteiger partial charge in [0.2, 0.25) is 0 Å². The summed E-state index contributed by atoms with van der Waals surface area (Å²) >= 11 is 0. The van der Waals surface area contributed by atoms with Crippen LogP contribution in [0.15, 0.2) is 12.4 Å². The van der Waals surface area contributed by atoms with Crippen LogP contribution in [0.3, 0.4) is 0 Å². The number of aromatic nitrogens is 2. The fourth-order valence-corrected chi connectivity index (χ4v) is 1.32. The third-order valence-corrected chi connectivity index (χ3v) is 2.29. The van der Waals surface area contributed by atoms with Gasteiger partial charge in [-0.15, -0.1) is 0 Å². The predicted molar refractivity (Wildman–Crippen MR) is 66.6 cm³/mol. The summed E-state index contributed by atoms with van der Waals surface area (Å²) in [7, 11) is 1.95. The lowest BCUT2D eigenvalue weighted by Gasteiger charge is -2.22. The lowest BCUT2D eigenvalue weighted by molar-refractivity contribution is -0.0479. The van der Waals surface area contributed by atoms with Crippen molar-refractivity contribution in [1.29, 1.82) is 0 Å². The van der Waals surface area contributed by atoms with E-state index >= 15 is 0 Å². The molecule has 0 amide bonds. The molecule has 1 heterocycles. The van der Waals surface area contributed by atoms with Crippen molar-refractivity contribution < 1.29 is 9.84 Å². The Morgan fingerprint density at radius 3 is 2.76 bits per heavy atom. The van der Waals surface area contributed by atoms with E-state index < -0.39 is 6.10 Å². The van der Waals surface area contributed by atoms with E-state index in [-0.39, 0.29) is 5.60 Å². The maximum atomic E-state index is 9.70. The van der Waals surface area contributed by atoms with Gasteiger partial charge in [0.25, 0.3) is 0 Å². The third kappa shape index (κ3) is 5.81. The highest BCUT2D eigenvalue weighted by Crippen LogP contribution is 2.06. The van der Waals surface area contributed by atoms with E-state index in [9.17, 15) is 5.11 Å². The van der Waals surface area contributed by atoms with Crippen LogP contribution in [-0.2, 0) is 18.3 Å². The first-order chi connectivity index (χ1) is 7.88. The molecule has 5 heteroatoms. The van der Waals surface area contributed by atoms with Crippen molar-refractivity contribution in [3.63, 3.8) is 0 Å².